The third-order valence-electron chi connectivity index (χ3n) is 4.60. The molecule has 4 heterocycles. The van der Waals surface area contributed by atoms with Gasteiger partial charge in [-0.1, -0.05) is 16.9 Å². The molecule has 3 aliphatic rings. The maximum Gasteiger partial charge on any atom is 0.352 e. The molecular formula is C17H18N6O6S3. The van der Waals surface area contributed by atoms with Crippen molar-refractivity contribution < 1.29 is 29.1 Å². The zero-order valence-electron chi connectivity index (χ0n) is 16.6. The number of carbonyl (C=O) groups is 3. The molecule has 1 unspecified atom stereocenters. The predicted molar refractivity (Wildman–Crippen MR) is 118 cm³/mol. The molecule has 3 N–H and O–H groups in total. The van der Waals surface area contributed by atoms with Crippen molar-refractivity contribution in [3.05, 3.63) is 28.6 Å². The van der Waals surface area contributed by atoms with E-state index in [1.54, 1.807) is 5.41 Å². The Morgan fingerprint density at radius 1 is 1.53 bits per heavy atom. The molecule has 3 aliphatic heterocycles. The van der Waals surface area contributed by atoms with Crippen LogP contribution in [0.15, 0.2) is 38.8 Å². The number of oxime groups is 1. The second-order valence-corrected chi connectivity index (χ2v) is 9.62. The van der Waals surface area contributed by atoms with Crippen molar-refractivity contribution in [2.75, 3.05) is 31.0 Å². The number of rotatable bonds is 8. The fourth-order valence-corrected chi connectivity index (χ4v) is 6.10. The summed E-state index contributed by atoms with van der Waals surface area (Å²) >= 11 is 4.18. The van der Waals surface area contributed by atoms with Crippen molar-refractivity contribution >= 4 is 58.8 Å². The summed E-state index contributed by atoms with van der Waals surface area (Å²) in [7, 11) is 1.31. The number of carbonyl (C=O) groups excluding carboxylic acids is 2. The summed E-state index contributed by atoms with van der Waals surface area (Å²) in [4.78, 5) is 43.5. The van der Waals surface area contributed by atoms with Crippen LogP contribution in [0.4, 0.5) is 0 Å². The first kappa shape index (κ1) is 22.5. The van der Waals surface area contributed by atoms with Crippen LogP contribution in [0.1, 0.15) is 0 Å². The maximum atomic E-state index is 12.8. The van der Waals surface area contributed by atoms with Gasteiger partial charge < -0.3 is 20.0 Å². The minimum absolute atomic E-state index is 0.0549. The van der Waals surface area contributed by atoms with Gasteiger partial charge in [0.2, 0.25) is 5.71 Å². The van der Waals surface area contributed by atoms with E-state index in [0.717, 1.165) is 5.75 Å². The fraction of sp³-hybridized carbons (Fsp3) is 0.412. The second-order valence-electron chi connectivity index (χ2n) is 6.54. The number of hydrogen-bond donors (Lipinski definition) is 3. The molecule has 1 fully saturated rings. The first-order chi connectivity index (χ1) is 15.5. The number of β-lactam (4-membered cyclic amide) rings is 1. The minimum Gasteiger partial charge on any atom is -0.490 e. The van der Waals surface area contributed by atoms with Crippen molar-refractivity contribution in [2.45, 2.75) is 16.4 Å². The van der Waals surface area contributed by atoms with Crippen LogP contribution >= 0.6 is 35.3 Å². The van der Waals surface area contributed by atoms with Crippen molar-refractivity contribution in [2.24, 2.45) is 5.16 Å². The zero-order valence-corrected chi connectivity index (χ0v) is 19.1. The number of nitrogens with zero attached hydrogens (tertiary/aromatic N) is 4. The molecule has 170 valence electrons. The highest BCUT2D eigenvalue weighted by Gasteiger charge is 2.54. The number of aromatic nitrogens is 3. The molecule has 2 atom stereocenters. The number of carboxylic acid groups (broad SMARTS) is 1. The topological polar surface area (TPSA) is 159 Å². The molecule has 0 bridgehead atoms. The van der Waals surface area contributed by atoms with Gasteiger partial charge in [0.15, 0.2) is 5.76 Å². The molecule has 32 heavy (non-hydrogen) atoms. The third-order valence-corrected chi connectivity index (χ3v) is 7.71. The smallest absolute Gasteiger partial charge is 0.352 e. The van der Waals surface area contributed by atoms with E-state index < -0.39 is 29.2 Å². The molecule has 4 rings (SSSR count). The van der Waals surface area contributed by atoms with Gasteiger partial charge in [-0.25, -0.2) is 4.79 Å². The fourth-order valence-electron chi connectivity index (χ4n) is 3.21. The third kappa shape index (κ3) is 4.45. The molecule has 0 radical (unpaired) electrons. The molecule has 1 aromatic heterocycles. The number of aromatic amines is 1. The standard InChI is InChI=1S/C17H18N6O6S3/c1-28-21-11(9-7-30-3-2-29-9)14(24)19-12-15(25)23-13(17(26)27)8(6-32-16(12)23)5-31-10-4-18-22-20-10/h4,7,12,16H,2-3,5-6H2,1H3,(H,19,24)(H,26,27)(H,18,20,22)/t12?,16-/m0/s1. The first-order valence-corrected chi connectivity index (χ1v) is 12.3. The van der Waals surface area contributed by atoms with Gasteiger partial charge in [-0.2, -0.15) is 10.3 Å². The van der Waals surface area contributed by atoms with Crippen LogP contribution in [0.25, 0.3) is 0 Å². The van der Waals surface area contributed by atoms with Crippen molar-refractivity contribution in [1.82, 2.24) is 25.6 Å². The number of hydrogen-bond acceptors (Lipinski definition) is 11. The highest BCUT2D eigenvalue weighted by molar-refractivity contribution is 8.02. The van der Waals surface area contributed by atoms with Crippen LogP contribution in [0, 0.1) is 0 Å². The highest BCUT2D eigenvalue weighted by Crippen LogP contribution is 2.41. The molecule has 2 amide bonds. The van der Waals surface area contributed by atoms with Gasteiger partial charge in [-0.15, -0.1) is 28.6 Å². The SMILES string of the molecule is CON=C(C(=O)NC1C(=O)N2C(C(=O)O)=C(CSc3cn[nH]n3)CS[C@@H]12)C1=CSCCO1. The monoisotopic (exact) mass is 498 g/mol. The number of thioether (sulfide) groups is 3. The van der Waals surface area contributed by atoms with Gasteiger partial charge in [-0.3, -0.25) is 14.5 Å². The Balaban J connectivity index is 1.47. The van der Waals surface area contributed by atoms with E-state index in [1.165, 1.54) is 53.5 Å². The Kier molecular flexibility index (Phi) is 6.95. The Bertz CT molecular complexity index is 1010. The Morgan fingerprint density at radius 3 is 3.03 bits per heavy atom. The van der Waals surface area contributed by atoms with Crippen LogP contribution < -0.4 is 5.32 Å². The number of H-pyrrole nitrogens is 1. The second kappa shape index (κ2) is 9.87. The van der Waals surface area contributed by atoms with Gasteiger partial charge in [0, 0.05) is 22.7 Å². The quantitative estimate of drug-likeness (QED) is 0.195. The first-order valence-electron chi connectivity index (χ1n) is 9.26. The van der Waals surface area contributed by atoms with E-state index in [1.807, 2.05) is 0 Å². The van der Waals surface area contributed by atoms with Crippen LogP contribution in [-0.4, -0.2) is 91.3 Å². The molecule has 0 aliphatic carbocycles. The lowest BCUT2D eigenvalue weighted by molar-refractivity contribution is -0.150. The Hall–Kier alpha value is -2.65. The maximum absolute atomic E-state index is 12.8. The summed E-state index contributed by atoms with van der Waals surface area (Å²) in [6, 6.07) is -0.884. The lowest BCUT2D eigenvalue weighted by Crippen LogP contribution is -2.71. The van der Waals surface area contributed by atoms with Crippen molar-refractivity contribution in [3.63, 3.8) is 0 Å². The van der Waals surface area contributed by atoms with Crippen LogP contribution in [0.3, 0.4) is 0 Å². The van der Waals surface area contributed by atoms with Crippen LogP contribution in [0.5, 0.6) is 0 Å². The summed E-state index contributed by atoms with van der Waals surface area (Å²) in [6.07, 6.45) is 1.54. The lowest BCUT2D eigenvalue weighted by atomic mass is 10.0. The van der Waals surface area contributed by atoms with E-state index in [9.17, 15) is 19.5 Å². The average Bonchev–Trinajstić information content (AvgIpc) is 3.33. The number of ether oxygens (including phenoxy) is 1. The number of fused-ring (bicyclic) bond motifs is 1. The number of amides is 2. The zero-order chi connectivity index (χ0) is 22.7. The van der Waals surface area contributed by atoms with Gasteiger partial charge in [0.1, 0.15) is 29.2 Å². The van der Waals surface area contributed by atoms with Crippen LogP contribution in [-0.2, 0) is 24.0 Å². The Labute approximate surface area is 194 Å². The largest absolute Gasteiger partial charge is 0.490 e. The summed E-state index contributed by atoms with van der Waals surface area (Å²) in [5.41, 5.74) is 0.468. The summed E-state index contributed by atoms with van der Waals surface area (Å²) in [5, 5.41) is 28.0. The Morgan fingerprint density at radius 2 is 2.38 bits per heavy atom. The molecule has 1 aromatic rings. The molecule has 12 nitrogen and oxygen atoms in total. The van der Waals surface area contributed by atoms with E-state index in [-0.39, 0.29) is 17.2 Å². The van der Waals surface area contributed by atoms with E-state index in [0.29, 0.717) is 28.7 Å². The number of nitrogens with one attached hydrogen (secondary N) is 2. The van der Waals surface area contributed by atoms with E-state index >= 15 is 0 Å². The van der Waals surface area contributed by atoms with Crippen LogP contribution in [0.2, 0.25) is 0 Å². The van der Waals surface area contributed by atoms with Gasteiger partial charge >= 0.3 is 5.97 Å². The minimum atomic E-state index is -1.19. The van der Waals surface area contributed by atoms with Gasteiger partial charge in [-0.05, 0) is 5.57 Å². The summed E-state index contributed by atoms with van der Waals surface area (Å²) in [6.45, 7) is 0.420. The summed E-state index contributed by atoms with van der Waals surface area (Å²) < 4.78 is 5.47. The van der Waals surface area contributed by atoms with E-state index in [4.69, 9.17) is 9.57 Å². The number of aliphatic carboxylic acids is 1. The lowest BCUT2D eigenvalue weighted by Gasteiger charge is -2.49. The molecule has 15 heteroatoms. The molecule has 0 saturated carbocycles. The van der Waals surface area contributed by atoms with Gasteiger partial charge in [0.05, 0.1) is 12.8 Å². The molecule has 1 saturated heterocycles. The highest BCUT2D eigenvalue weighted by atomic mass is 32.2. The average molecular weight is 499 g/mol. The molecule has 0 aromatic carbocycles. The molecular weight excluding hydrogens is 480 g/mol. The van der Waals surface area contributed by atoms with Crippen molar-refractivity contribution in [3.8, 4) is 0 Å². The predicted octanol–water partition coefficient (Wildman–Crippen LogP) is 0.243. The number of carboxylic acids is 1. The summed E-state index contributed by atoms with van der Waals surface area (Å²) in [5.74, 6) is -0.557. The normalized spacial score (nSPS) is 23.0. The van der Waals surface area contributed by atoms with Crippen molar-refractivity contribution in [1.29, 1.82) is 0 Å². The van der Waals surface area contributed by atoms with Gasteiger partial charge in [0.25, 0.3) is 11.8 Å². The molecule has 0 spiro atoms. The van der Waals surface area contributed by atoms with E-state index in [2.05, 4.69) is 25.9 Å².